The van der Waals surface area contributed by atoms with Crippen LogP contribution < -0.4 is 10.1 Å². The van der Waals surface area contributed by atoms with Crippen LogP contribution >= 0.6 is 0 Å². The molecular weight excluding hydrogens is 260 g/mol. The Morgan fingerprint density at radius 3 is 2.48 bits per heavy atom. The number of pyridine rings is 1. The van der Waals surface area contributed by atoms with E-state index in [2.05, 4.69) is 55.3 Å². The highest BCUT2D eigenvalue weighted by Crippen LogP contribution is 2.30. The lowest BCUT2D eigenvalue weighted by molar-refractivity contribution is 0.411. The molecule has 1 aromatic carbocycles. The maximum atomic E-state index is 5.41. The van der Waals surface area contributed by atoms with Crippen molar-refractivity contribution in [3.05, 3.63) is 58.4 Å². The first-order chi connectivity index (χ1) is 10.1. The lowest BCUT2D eigenvalue weighted by Crippen LogP contribution is -2.23. The van der Waals surface area contributed by atoms with Crippen molar-refractivity contribution >= 4 is 0 Å². The van der Waals surface area contributed by atoms with E-state index in [1.807, 2.05) is 13.1 Å². The van der Waals surface area contributed by atoms with Crippen LogP contribution in [0.5, 0.6) is 5.75 Å². The number of benzene rings is 1. The van der Waals surface area contributed by atoms with Crippen LogP contribution in [-0.2, 0) is 0 Å². The molecular formula is C18H24N2O. The van der Waals surface area contributed by atoms with Crippen LogP contribution in [0.15, 0.2) is 30.5 Å². The Labute approximate surface area is 127 Å². The summed E-state index contributed by atoms with van der Waals surface area (Å²) in [6.45, 7) is 9.25. The van der Waals surface area contributed by atoms with Gasteiger partial charge < -0.3 is 10.1 Å². The van der Waals surface area contributed by atoms with Gasteiger partial charge in [0, 0.05) is 11.9 Å². The highest BCUT2D eigenvalue weighted by molar-refractivity contribution is 5.45. The molecule has 0 amide bonds. The van der Waals surface area contributed by atoms with Crippen molar-refractivity contribution in [1.82, 2.24) is 10.3 Å². The number of hydrogen-bond donors (Lipinski definition) is 1. The van der Waals surface area contributed by atoms with Gasteiger partial charge in [-0.25, -0.2) is 0 Å². The van der Waals surface area contributed by atoms with Gasteiger partial charge in [-0.2, -0.15) is 0 Å². The molecule has 2 rings (SSSR count). The SMILES string of the molecule is CCNC(c1ccc(C)nc1)c1cc(C)c(OC)cc1C. The second kappa shape index (κ2) is 6.72. The van der Waals surface area contributed by atoms with E-state index >= 15 is 0 Å². The molecule has 3 nitrogen and oxygen atoms in total. The molecule has 0 spiro atoms. The summed E-state index contributed by atoms with van der Waals surface area (Å²) in [5.41, 5.74) is 5.89. The zero-order chi connectivity index (χ0) is 15.4. The molecule has 0 fully saturated rings. The lowest BCUT2D eigenvalue weighted by Gasteiger charge is -2.22. The second-order valence-corrected chi connectivity index (χ2v) is 5.40. The van der Waals surface area contributed by atoms with E-state index in [0.29, 0.717) is 0 Å². The van der Waals surface area contributed by atoms with Gasteiger partial charge in [-0.3, -0.25) is 4.98 Å². The van der Waals surface area contributed by atoms with E-state index in [4.69, 9.17) is 4.74 Å². The van der Waals surface area contributed by atoms with E-state index in [9.17, 15) is 0 Å². The summed E-state index contributed by atoms with van der Waals surface area (Å²) in [4.78, 5) is 4.43. The molecule has 1 N–H and O–H groups in total. The molecule has 2 aromatic rings. The largest absolute Gasteiger partial charge is 0.496 e. The Hall–Kier alpha value is -1.87. The molecule has 1 heterocycles. The number of aryl methyl sites for hydroxylation is 3. The molecule has 21 heavy (non-hydrogen) atoms. The third-order valence-electron chi connectivity index (χ3n) is 3.77. The Balaban J connectivity index is 2.47. The molecule has 0 aliphatic heterocycles. The van der Waals surface area contributed by atoms with Gasteiger partial charge in [-0.15, -0.1) is 0 Å². The van der Waals surface area contributed by atoms with E-state index < -0.39 is 0 Å². The summed E-state index contributed by atoms with van der Waals surface area (Å²) in [7, 11) is 1.72. The standard InChI is InChI=1S/C18H24N2O/c1-6-19-18(15-8-7-14(4)20-11-15)16-9-13(3)17(21-5)10-12(16)2/h7-11,18-19H,6H2,1-5H3. The third kappa shape index (κ3) is 3.42. The minimum atomic E-state index is 0.160. The zero-order valence-electron chi connectivity index (χ0n) is 13.5. The molecule has 0 aliphatic carbocycles. The van der Waals surface area contributed by atoms with E-state index in [-0.39, 0.29) is 6.04 Å². The molecule has 0 radical (unpaired) electrons. The zero-order valence-corrected chi connectivity index (χ0v) is 13.5. The average Bonchev–Trinajstić information content (AvgIpc) is 2.48. The molecule has 1 unspecified atom stereocenters. The minimum Gasteiger partial charge on any atom is -0.496 e. The first-order valence-electron chi connectivity index (χ1n) is 7.37. The quantitative estimate of drug-likeness (QED) is 0.908. The lowest BCUT2D eigenvalue weighted by atomic mass is 9.93. The van der Waals surface area contributed by atoms with Crippen molar-refractivity contribution in [3.63, 3.8) is 0 Å². The molecule has 1 atom stereocenters. The molecule has 112 valence electrons. The van der Waals surface area contributed by atoms with Gasteiger partial charge >= 0.3 is 0 Å². The predicted octanol–water partition coefficient (Wildman–Crippen LogP) is 3.71. The first kappa shape index (κ1) is 15.5. The van der Waals surface area contributed by atoms with E-state index in [1.54, 1.807) is 7.11 Å². The second-order valence-electron chi connectivity index (χ2n) is 5.40. The fraction of sp³-hybridized carbons (Fsp3) is 0.389. The number of hydrogen-bond acceptors (Lipinski definition) is 3. The first-order valence-corrected chi connectivity index (χ1v) is 7.37. The van der Waals surface area contributed by atoms with Crippen LogP contribution in [0.1, 0.15) is 40.9 Å². The fourth-order valence-electron chi connectivity index (χ4n) is 2.60. The fourth-order valence-corrected chi connectivity index (χ4v) is 2.60. The van der Waals surface area contributed by atoms with Crippen molar-refractivity contribution in [2.75, 3.05) is 13.7 Å². The van der Waals surface area contributed by atoms with Crippen LogP contribution in [0.4, 0.5) is 0 Å². The summed E-state index contributed by atoms with van der Waals surface area (Å²) < 4.78 is 5.41. The van der Waals surface area contributed by atoms with Gasteiger partial charge in [0.2, 0.25) is 0 Å². The Kier molecular flexibility index (Phi) is 4.97. The summed E-state index contributed by atoms with van der Waals surface area (Å²) >= 11 is 0. The highest BCUT2D eigenvalue weighted by Gasteiger charge is 2.17. The third-order valence-corrected chi connectivity index (χ3v) is 3.77. The van der Waals surface area contributed by atoms with Gasteiger partial charge in [0.15, 0.2) is 0 Å². The minimum absolute atomic E-state index is 0.160. The number of nitrogens with one attached hydrogen (secondary N) is 1. The number of ether oxygens (including phenoxy) is 1. The Bertz CT molecular complexity index is 605. The number of methoxy groups -OCH3 is 1. The number of rotatable bonds is 5. The van der Waals surface area contributed by atoms with Gasteiger partial charge in [0.05, 0.1) is 13.2 Å². The van der Waals surface area contributed by atoms with Gasteiger partial charge in [0.25, 0.3) is 0 Å². The molecule has 1 aromatic heterocycles. The summed E-state index contributed by atoms with van der Waals surface area (Å²) in [5.74, 6) is 0.938. The normalized spacial score (nSPS) is 12.2. The molecule has 0 saturated heterocycles. The van der Waals surface area contributed by atoms with Crippen molar-refractivity contribution in [2.24, 2.45) is 0 Å². The maximum absolute atomic E-state index is 5.41. The van der Waals surface area contributed by atoms with Crippen molar-refractivity contribution in [3.8, 4) is 5.75 Å². The van der Waals surface area contributed by atoms with Crippen LogP contribution in [0.2, 0.25) is 0 Å². The smallest absolute Gasteiger partial charge is 0.122 e. The van der Waals surface area contributed by atoms with E-state index in [0.717, 1.165) is 23.6 Å². The molecule has 0 aliphatic rings. The number of nitrogens with zero attached hydrogens (tertiary/aromatic N) is 1. The summed E-state index contributed by atoms with van der Waals surface area (Å²) in [6, 6.07) is 8.69. The van der Waals surface area contributed by atoms with Crippen molar-refractivity contribution in [2.45, 2.75) is 33.7 Å². The number of aromatic nitrogens is 1. The molecule has 3 heteroatoms. The van der Waals surface area contributed by atoms with E-state index in [1.165, 1.54) is 16.7 Å². The van der Waals surface area contributed by atoms with Gasteiger partial charge in [-0.05, 0) is 61.7 Å². The summed E-state index contributed by atoms with van der Waals surface area (Å²) in [6.07, 6.45) is 1.96. The van der Waals surface area contributed by atoms with Crippen LogP contribution in [0.25, 0.3) is 0 Å². The highest BCUT2D eigenvalue weighted by atomic mass is 16.5. The van der Waals surface area contributed by atoms with Crippen molar-refractivity contribution in [1.29, 1.82) is 0 Å². The van der Waals surface area contributed by atoms with Crippen LogP contribution in [0, 0.1) is 20.8 Å². The van der Waals surface area contributed by atoms with Crippen LogP contribution in [0.3, 0.4) is 0 Å². The van der Waals surface area contributed by atoms with Crippen LogP contribution in [-0.4, -0.2) is 18.6 Å². The monoisotopic (exact) mass is 284 g/mol. The van der Waals surface area contributed by atoms with Gasteiger partial charge in [0.1, 0.15) is 5.75 Å². The molecule has 0 saturated carbocycles. The Morgan fingerprint density at radius 1 is 1.14 bits per heavy atom. The van der Waals surface area contributed by atoms with Crippen molar-refractivity contribution < 1.29 is 4.74 Å². The molecule has 0 bridgehead atoms. The predicted molar refractivity (Wildman–Crippen MR) is 87.0 cm³/mol. The maximum Gasteiger partial charge on any atom is 0.122 e. The topological polar surface area (TPSA) is 34.2 Å². The summed E-state index contributed by atoms with van der Waals surface area (Å²) in [5, 5.41) is 3.56. The van der Waals surface area contributed by atoms with Gasteiger partial charge in [-0.1, -0.05) is 19.1 Å². The average molecular weight is 284 g/mol. The Morgan fingerprint density at radius 2 is 1.90 bits per heavy atom.